The summed E-state index contributed by atoms with van der Waals surface area (Å²) in [6, 6.07) is 18.2. The molecule has 0 saturated carbocycles. The standard InChI is InChI=1S/2C12H13.2ClH.Zr/c2*1-8-9(2)11-6-4-5-7-12(11)10(8)3;;;/h2*4-7H,1-3H3;2*1H;. The van der Waals surface area contributed by atoms with Crippen LogP contribution in [-0.4, -0.2) is 0 Å². The minimum Gasteiger partial charge on any atom is -0.147 e. The number of benzene rings is 2. The van der Waals surface area contributed by atoms with Crippen molar-refractivity contribution in [3.63, 3.8) is 0 Å². The van der Waals surface area contributed by atoms with Crippen molar-refractivity contribution in [2.45, 2.75) is 47.8 Å². The molecule has 2 unspecified atom stereocenters. The number of allylic oxidation sites excluding steroid dienone is 4. The third kappa shape index (κ3) is 3.06. The molecule has 0 aromatic heterocycles. The van der Waals surface area contributed by atoms with Gasteiger partial charge in [-0.3, -0.25) is 0 Å². The number of rotatable bonds is 2. The first-order valence-corrected chi connectivity index (χ1v) is 11.6. The SMILES string of the molecule is CC1=C(C)[C](C)([Zr][C]2(C)C(C)=C(C)c3ccccc32)c2ccccc21.Cl.Cl. The fourth-order valence-electron chi connectivity index (χ4n) is 4.87. The maximum Gasteiger partial charge on any atom is -0.147 e. The predicted molar refractivity (Wildman–Crippen MR) is 119 cm³/mol. The van der Waals surface area contributed by atoms with Gasteiger partial charge in [0.25, 0.3) is 0 Å². The van der Waals surface area contributed by atoms with Crippen molar-refractivity contribution in [2.24, 2.45) is 0 Å². The molecular formula is C24H28Cl2Zr. The van der Waals surface area contributed by atoms with Gasteiger partial charge in [-0.25, -0.2) is 0 Å². The van der Waals surface area contributed by atoms with Gasteiger partial charge in [0, 0.05) is 0 Å². The third-order valence-corrected chi connectivity index (χ3v) is 12.5. The zero-order valence-corrected chi connectivity index (χ0v) is 21.0. The largest absolute Gasteiger partial charge is 0.147 e. The molecule has 2 atom stereocenters. The van der Waals surface area contributed by atoms with Gasteiger partial charge in [-0.1, -0.05) is 0 Å². The van der Waals surface area contributed by atoms with E-state index in [2.05, 4.69) is 90.1 Å². The van der Waals surface area contributed by atoms with Crippen LogP contribution in [0.4, 0.5) is 0 Å². The fraction of sp³-hybridized carbons (Fsp3) is 0.333. The Kier molecular flexibility index (Phi) is 6.43. The molecule has 2 aromatic carbocycles. The van der Waals surface area contributed by atoms with Gasteiger partial charge >= 0.3 is 164 Å². The quantitative estimate of drug-likeness (QED) is 0.423. The van der Waals surface area contributed by atoms with Crippen molar-refractivity contribution in [1.82, 2.24) is 0 Å². The van der Waals surface area contributed by atoms with Gasteiger partial charge in [0.05, 0.1) is 0 Å². The molecule has 0 bridgehead atoms. The molecule has 0 fully saturated rings. The Bertz CT molecular complexity index is 879. The Morgan fingerprint density at radius 1 is 0.593 bits per heavy atom. The second-order valence-electron chi connectivity index (χ2n) is 7.97. The first kappa shape index (κ1) is 22.7. The Labute approximate surface area is 187 Å². The molecule has 2 aromatic rings. The molecule has 0 amide bonds. The summed E-state index contributed by atoms with van der Waals surface area (Å²) in [5.74, 6) is 0. The van der Waals surface area contributed by atoms with Crippen molar-refractivity contribution < 1.29 is 23.2 Å². The van der Waals surface area contributed by atoms with Crippen LogP contribution in [-0.2, 0) is 29.5 Å². The van der Waals surface area contributed by atoms with Gasteiger partial charge in [-0.2, -0.15) is 0 Å². The van der Waals surface area contributed by atoms with Gasteiger partial charge in [0.2, 0.25) is 0 Å². The van der Waals surface area contributed by atoms with Crippen molar-refractivity contribution in [2.75, 3.05) is 0 Å². The Hall–Kier alpha value is -0.617. The predicted octanol–water partition coefficient (Wildman–Crippen LogP) is 7.36. The average Bonchev–Trinajstić information content (AvgIpc) is 2.93. The number of halogens is 2. The molecule has 142 valence electrons. The molecular weight excluding hydrogens is 450 g/mol. The number of hydrogen-bond donors (Lipinski definition) is 0. The van der Waals surface area contributed by atoms with E-state index >= 15 is 0 Å². The fourth-order valence-corrected chi connectivity index (χ4v) is 10.9. The monoisotopic (exact) mass is 476 g/mol. The van der Waals surface area contributed by atoms with E-state index in [1.54, 1.807) is 22.3 Å². The van der Waals surface area contributed by atoms with Crippen LogP contribution < -0.4 is 0 Å². The summed E-state index contributed by atoms with van der Waals surface area (Å²) in [4.78, 5) is 0. The molecule has 0 spiro atoms. The summed E-state index contributed by atoms with van der Waals surface area (Å²) in [6.45, 7) is 14.4. The summed E-state index contributed by atoms with van der Waals surface area (Å²) in [6.07, 6.45) is 0. The first-order chi connectivity index (χ1) is 11.8. The van der Waals surface area contributed by atoms with Gasteiger partial charge in [0.1, 0.15) is 0 Å². The van der Waals surface area contributed by atoms with Crippen molar-refractivity contribution in [3.8, 4) is 0 Å². The zero-order chi connectivity index (χ0) is 18.0. The van der Waals surface area contributed by atoms with Crippen molar-refractivity contribution in [1.29, 1.82) is 0 Å². The van der Waals surface area contributed by atoms with Gasteiger partial charge in [0.15, 0.2) is 0 Å². The van der Waals surface area contributed by atoms with Crippen LogP contribution in [0.15, 0.2) is 59.7 Å². The maximum atomic E-state index is 2.53. The molecule has 0 nitrogen and oxygen atoms in total. The first-order valence-electron chi connectivity index (χ1n) is 9.15. The van der Waals surface area contributed by atoms with E-state index in [-0.39, 0.29) is 31.1 Å². The Morgan fingerprint density at radius 3 is 1.30 bits per heavy atom. The third-order valence-electron chi connectivity index (χ3n) is 6.86. The maximum absolute atomic E-state index is 2.53. The molecule has 27 heavy (non-hydrogen) atoms. The molecule has 0 N–H and O–H groups in total. The minimum atomic E-state index is -0.889. The molecule has 2 aliphatic rings. The molecule has 2 aliphatic carbocycles. The van der Waals surface area contributed by atoms with Crippen LogP contribution in [0.1, 0.15) is 63.8 Å². The van der Waals surface area contributed by atoms with E-state index < -0.39 is 23.2 Å². The smallest absolute Gasteiger partial charge is 0.147 e. The van der Waals surface area contributed by atoms with E-state index in [0.717, 1.165) is 0 Å². The van der Waals surface area contributed by atoms with Crippen LogP contribution in [0.25, 0.3) is 11.1 Å². The summed E-state index contributed by atoms with van der Waals surface area (Å²) in [7, 11) is 0. The van der Waals surface area contributed by atoms with Crippen LogP contribution in [0.5, 0.6) is 0 Å². The Morgan fingerprint density at radius 2 is 0.926 bits per heavy atom. The summed E-state index contributed by atoms with van der Waals surface area (Å²) < 4.78 is 0.523. The molecule has 3 heteroatoms. The summed E-state index contributed by atoms with van der Waals surface area (Å²) >= 11 is -0.889. The van der Waals surface area contributed by atoms with E-state index in [9.17, 15) is 0 Å². The van der Waals surface area contributed by atoms with Gasteiger partial charge in [-0.15, -0.1) is 24.8 Å². The zero-order valence-electron chi connectivity index (χ0n) is 16.9. The molecule has 0 saturated heterocycles. The molecule has 0 heterocycles. The average molecular weight is 479 g/mol. The summed E-state index contributed by atoms with van der Waals surface area (Å²) in [5.41, 5.74) is 12.3. The second kappa shape index (κ2) is 7.66. The van der Waals surface area contributed by atoms with Crippen molar-refractivity contribution in [3.05, 3.63) is 81.9 Å². The molecule has 0 radical (unpaired) electrons. The van der Waals surface area contributed by atoms with E-state index in [0.29, 0.717) is 0 Å². The van der Waals surface area contributed by atoms with Crippen LogP contribution in [0.3, 0.4) is 0 Å². The van der Waals surface area contributed by atoms with E-state index in [4.69, 9.17) is 0 Å². The Balaban J connectivity index is 0.00000131. The van der Waals surface area contributed by atoms with E-state index in [1.165, 1.54) is 22.3 Å². The normalized spacial score (nSPS) is 25.6. The minimum absolute atomic E-state index is 0. The number of hydrogen-bond acceptors (Lipinski definition) is 0. The van der Waals surface area contributed by atoms with Gasteiger partial charge < -0.3 is 0 Å². The van der Waals surface area contributed by atoms with Crippen LogP contribution >= 0.6 is 24.8 Å². The topological polar surface area (TPSA) is 0 Å². The van der Waals surface area contributed by atoms with E-state index in [1.807, 2.05) is 0 Å². The molecule has 4 rings (SSSR count). The molecule has 0 aliphatic heterocycles. The summed E-state index contributed by atoms with van der Waals surface area (Å²) in [5, 5.41) is 0. The number of fused-ring (bicyclic) bond motifs is 2. The van der Waals surface area contributed by atoms with Crippen molar-refractivity contribution >= 4 is 36.0 Å². The van der Waals surface area contributed by atoms with Crippen LogP contribution in [0.2, 0.25) is 0 Å². The van der Waals surface area contributed by atoms with Gasteiger partial charge in [-0.05, 0) is 0 Å². The second-order valence-corrected chi connectivity index (χ2v) is 13.5. The van der Waals surface area contributed by atoms with Crippen LogP contribution in [0, 0.1) is 0 Å².